The number of benzene rings is 2. The van der Waals surface area contributed by atoms with Crippen LogP contribution in [0.15, 0.2) is 60.9 Å². The third-order valence-electron chi connectivity index (χ3n) is 3.92. The van der Waals surface area contributed by atoms with Gasteiger partial charge in [0.1, 0.15) is 11.5 Å². The van der Waals surface area contributed by atoms with Gasteiger partial charge in [0.05, 0.1) is 27.0 Å². The van der Waals surface area contributed by atoms with Crippen molar-refractivity contribution in [2.75, 3.05) is 32.0 Å². The van der Waals surface area contributed by atoms with E-state index in [1.54, 1.807) is 60.9 Å². The Labute approximate surface area is 168 Å². The molecule has 0 bridgehead atoms. The molecule has 3 aromatic rings. The van der Waals surface area contributed by atoms with E-state index in [0.717, 1.165) is 0 Å². The van der Waals surface area contributed by atoms with Gasteiger partial charge in [0.15, 0.2) is 11.5 Å². The summed E-state index contributed by atoms with van der Waals surface area (Å²) in [6, 6.07) is 13.4. The highest BCUT2D eigenvalue weighted by Gasteiger charge is 2.14. The van der Waals surface area contributed by atoms with Crippen molar-refractivity contribution in [3.05, 3.63) is 60.9 Å². The summed E-state index contributed by atoms with van der Waals surface area (Å²) in [6.45, 7) is 0. The summed E-state index contributed by atoms with van der Waals surface area (Å²) in [4.78, 5) is 16.3. The van der Waals surface area contributed by atoms with Crippen LogP contribution in [0.3, 0.4) is 0 Å². The highest BCUT2D eigenvalue weighted by atomic mass is 16.5. The molecule has 3 rings (SSSR count). The minimum atomic E-state index is -0.415. The summed E-state index contributed by atoms with van der Waals surface area (Å²) in [7, 11) is 4.54. The van der Waals surface area contributed by atoms with Gasteiger partial charge >= 0.3 is 6.03 Å². The van der Waals surface area contributed by atoms with E-state index in [1.165, 1.54) is 21.3 Å². The van der Waals surface area contributed by atoms with Crippen molar-refractivity contribution in [3.8, 4) is 28.7 Å². The van der Waals surface area contributed by atoms with Crippen molar-refractivity contribution in [1.82, 2.24) is 4.98 Å². The number of nitrogens with zero attached hydrogens (tertiary/aromatic N) is 1. The number of urea groups is 1. The van der Waals surface area contributed by atoms with Crippen LogP contribution in [-0.2, 0) is 0 Å². The van der Waals surface area contributed by atoms with Crippen molar-refractivity contribution in [2.24, 2.45) is 0 Å². The first-order valence-electron chi connectivity index (χ1n) is 8.69. The molecule has 2 aromatic carbocycles. The number of ether oxygens (including phenoxy) is 4. The van der Waals surface area contributed by atoms with Gasteiger partial charge in [-0.1, -0.05) is 0 Å². The van der Waals surface area contributed by atoms with E-state index in [2.05, 4.69) is 15.6 Å². The van der Waals surface area contributed by atoms with Crippen LogP contribution >= 0.6 is 0 Å². The topological polar surface area (TPSA) is 90.9 Å². The monoisotopic (exact) mass is 395 g/mol. The SMILES string of the molecule is COc1cc(NC(=O)Nc2ccc(Oc3ccncc3)cc2)cc(OC)c1OC. The second kappa shape index (κ2) is 9.32. The van der Waals surface area contributed by atoms with E-state index in [9.17, 15) is 4.79 Å². The van der Waals surface area contributed by atoms with Gasteiger partial charge in [-0.05, 0) is 36.4 Å². The maximum atomic E-state index is 12.3. The third-order valence-corrected chi connectivity index (χ3v) is 3.92. The Kier molecular flexibility index (Phi) is 6.36. The lowest BCUT2D eigenvalue weighted by molar-refractivity contribution is 0.262. The average molecular weight is 395 g/mol. The third kappa shape index (κ3) is 5.07. The van der Waals surface area contributed by atoms with Crippen LogP contribution in [0, 0.1) is 0 Å². The minimum Gasteiger partial charge on any atom is -0.493 e. The Morgan fingerprint density at radius 1 is 0.759 bits per heavy atom. The van der Waals surface area contributed by atoms with E-state index < -0.39 is 6.03 Å². The van der Waals surface area contributed by atoms with Gasteiger partial charge < -0.3 is 29.6 Å². The fraction of sp³-hybridized carbons (Fsp3) is 0.143. The van der Waals surface area contributed by atoms with Crippen LogP contribution in [0.25, 0.3) is 0 Å². The van der Waals surface area contributed by atoms with Crippen LogP contribution in [0.4, 0.5) is 16.2 Å². The summed E-state index contributed by atoms with van der Waals surface area (Å²) in [5.74, 6) is 2.66. The second-order valence-electron chi connectivity index (χ2n) is 5.80. The Morgan fingerprint density at radius 3 is 1.86 bits per heavy atom. The summed E-state index contributed by atoms with van der Waals surface area (Å²) < 4.78 is 21.5. The molecular weight excluding hydrogens is 374 g/mol. The lowest BCUT2D eigenvalue weighted by Gasteiger charge is -2.15. The number of aromatic nitrogens is 1. The molecule has 1 heterocycles. The van der Waals surface area contributed by atoms with Crippen molar-refractivity contribution < 1.29 is 23.7 Å². The van der Waals surface area contributed by atoms with Crippen molar-refractivity contribution in [3.63, 3.8) is 0 Å². The fourth-order valence-corrected chi connectivity index (χ4v) is 2.60. The number of anilines is 2. The molecule has 29 heavy (non-hydrogen) atoms. The summed E-state index contributed by atoms with van der Waals surface area (Å²) in [5, 5.41) is 5.50. The van der Waals surface area contributed by atoms with Crippen LogP contribution in [0.5, 0.6) is 28.7 Å². The largest absolute Gasteiger partial charge is 0.493 e. The first-order chi connectivity index (χ1) is 14.1. The molecule has 0 fully saturated rings. The average Bonchev–Trinajstić information content (AvgIpc) is 2.75. The van der Waals surface area contributed by atoms with Gasteiger partial charge in [0, 0.05) is 30.2 Å². The van der Waals surface area contributed by atoms with Gasteiger partial charge in [0.25, 0.3) is 0 Å². The van der Waals surface area contributed by atoms with Crippen LogP contribution in [0.2, 0.25) is 0 Å². The molecule has 0 unspecified atom stereocenters. The molecule has 0 aliphatic carbocycles. The van der Waals surface area contributed by atoms with Crippen LogP contribution < -0.4 is 29.6 Å². The van der Waals surface area contributed by atoms with Gasteiger partial charge in [-0.3, -0.25) is 4.98 Å². The van der Waals surface area contributed by atoms with Gasteiger partial charge in [-0.25, -0.2) is 4.79 Å². The Morgan fingerprint density at radius 2 is 1.31 bits per heavy atom. The predicted molar refractivity (Wildman–Crippen MR) is 109 cm³/mol. The zero-order chi connectivity index (χ0) is 20.6. The second-order valence-corrected chi connectivity index (χ2v) is 5.80. The van der Waals surface area contributed by atoms with Crippen molar-refractivity contribution in [1.29, 1.82) is 0 Å². The normalized spacial score (nSPS) is 10.0. The molecule has 0 spiro atoms. The number of methoxy groups -OCH3 is 3. The van der Waals surface area contributed by atoms with E-state index in [1.807, 2.05) is 0 Å². The standard InChI is InChI=1S/C21H21N3O5/c1-26-18-12-15(13-19(27-2)20(18)28-3)24-21(25)23-14-4-6-16(7-5-14)29-17-8-10-22-11-9-17/h4-13H,1-3H3,(H2,23,24,25). The molecule has 150 valence electrons. The minimum absolute atomic E-state index is 0.415. The molecular formula is C21H21N3O5. The highest BCUT2D eigenvalue weighted by molar-refractivity contribution is 6.00. The molecule has 0 saturated carbocycles. The van der Waals surface area contributed by atoms with Crippen molar-refractivity contribution in [2.45, 2.75) is 0 Å². The molecule has 1 aromatic heterocycles. The lowest BCUT2D eigenvalue weighted by Crippen LogP contribution is -2.19. The maximum absolute atomic E-state index is 12.3. The van der Waals surface area contributed by atoms with Gasteiger partial charge in [-0.15, -0.1) is 0 Å². The molecule has 0 aliphatic rings. The molecule has 2 N–H and O–H groups in total. The maximum Gasteiger partial charge on any atom is 0.323 e. The van der Waals surface area contributed by atoms with Gasteiger partial charge in [-0.2, -0.15) is 0 Å². The zero-order valence-electron chi connectivity index (χ0n) is 16.3. The number of hydrogen-bond donors (Lipinski definition) is 2. The number of hydrogen-bond acceptors (Lipinski definition) is 6. The Bertz CT molecular complexity index is 937. The quantitative estimate of drug-likeness (QED) is 0.610. The molecule has 0 saturated heterocycles. The number of carbonyl (C=O) groups excluding carboxylic acids is 1. The highest BCUT2D eigenvalue weighted by Crippen LogP contribution is 2.39. The first kappa shape index (κ1) is 19.8. The van der Waals surface area contributed by atoms with E-state index in [4.69, 9.17) is 18.9 Å². The number of carbonyl (C=O) groups is 1. The van der Waals surface area contributed by atoms with Crippen LogP contribution in [-0.4, -0.2) is 32.3 Å². The molecule has 8 heteroatoms. The predicted octanol–water partition coefficient (Wildman–Crippen LogP) is 4.54. The zero-order valence-corrected chi connectivity index (χ0v) is 16.3. The van der Waals surface area contributed by atoms with E-state index in [-0.39, 0.29) is 0 Å². The molecule has 2 amide bonds. The summed E-state index contributed by atoms with van der Waals surface area (Å²) >= 11 is 0. The summed E-state index contributed by atoms with van der Waals surface area (Å²) in [6.07, 6.45) is 3.30. The van der Waals surface area contributed by atoms with E-state index in [0.29, 0.717) is 40.1 Å². The number of nitrogens with one attached hydrogen (secondary N) is 2. The Hall–Kier alpha value is -3.94. The molecule has 0 radical (unpaired) electrons. The van der Waals surface area contributed by atoms with E-state index >= 15 is 0 Å². The first-order valence-corrected chi connectivity index (χ1v) is 8.69. The van der Waals surface area contributed by atoms with Crippen molar-refractivity contribution >= 4 is 17.4 Å². The van der Waals surface area contributed by atoms with Crippen LogP contribution in [0.1, 0.15) is 0 Å². The summed E-state index contributed by atoms with van der Waals surface area (Å²) in [5.41, 5.74) is 1.10. The smallest absolute Gasteiger partial charge is 0.323 e. The molecule has 0 atom stereocenters. The number of rotatable bonds is 7. The number of amides is 2. The molecule has 0 aliphatic heterocycles. The lowest BCUT2D eigenvalue weighted by atomic mass is 10.2. The molecule has 8 nitrogen and oxygen atoms in total. The fourth-order valence-electron chi connectivity index (χ4n) is 2.60. The van der Waals surface area contributed by atoms with Gasteiger partial charge in [0.2, 0.25) is 5.75 Å². The number of pyridine rings is 1. The Balaban J connectivity index is 1.65.